The second-order valence-corrected chi connectivity index (χ2v) is 7.86. The Labute approximate surface area is 181 Å². The zero-order valence-electron chi connectivity index (χ0n) is 17.7. The Morgan fingerprint density at radius 3 is 2.87 bits per heavy atom. The number of anilines is 3. The number of hydrogen-bond donors (Lipinski definition) is 3. The van der Waals surface area contributed by atoms with Crippen LogP contribution in [0.5, 0.6) is 5.75 Å². The number of hydrogen-bond acceptors (Lipinski definition) is 6. The van der Waals surface area contributed by atoms with Crippen molar-refractivity contribution in [1.29, 1.82) is 0 Å². The number of ether oxygens (including phenoxy) is 1. The molecule has 3 aromatic carbocycles. The molecule has 0 aliphatic carbocycles. The highest BCUT2D eigenvalue weighted by atomic mass is 16.5. The van der Waals surface area contributed by atoms with Gasteiger partial charge in [-0.3, -0.25) is 0 Å². The third kappa shape index (κ3) is 3.66. The van der Waals surface area contributed by atoms with Gasteiger partial charge in [-0.2, -0.15) is 0 Å². The van der Waals surface area contributed by atoms with Gasteiger partial charge in [0, 0.05) is 23.8 Å². The maximum absolute atomic E-state index is 6.10. The van der Waals surface area contributed by atoms with Crippen LogP contribution in [0, 0.1) is 6.92 Å². The monoisotopic (exact) mass is 411 g/mol. The first-order valence-corrected chi connectivity index (χ1v) is 10.4. The number of fused-ring (bicyclic) bond motifs is 2. The predicted molar refractivity (Wildman–Crippen MR) is 126 cm³/mol. The Hall–Kier alpha value is -3.64. The summed E-state index contributed by atoms with van der Waals surface area (Å²) in [7, 11) is 1.69. The van der Waals surface area contributed by atoms with E-state index in [0.717, 1.165) is 64.2 Å². The average Bonchev–Trinajstić information content (AvgIpc) is 2.80. The number of nitrogens with one attached hydrogen (secondary N) is 2. The van der Waals surface area contributed by atoms with Crippen molar-refractivity contribution in [2.45, 2.75) is 19.9 Å². The van der Waals surface area contributed by atoms with Gasteiger partial charge < -0.3 is 21.1 Å². The number of benzene rings is 3. The lowest BCUT2D eigenvalue weighted by atomic mass is 9.98. The molecule has 4 aromatic rings. The summed E-state index contributed by atoms with van der Waals surface area (Å²) in [5, 5.41) is 7.75. The fourth-order valence-electron chi connectivity index (χ4n) is 4.11. The molecule has 31 heavy (non-hydrogen) atoms. The van der Waals surface area contributed by atoms with E-state index in [1.54, 1.807) is 7.11 Å². The molecule has 1 aliphatic heterocycles. The highest BCUT2D eigenvalue weighted by Crippen LogP contribution is 2.33. The van der Waals surface area contributed by atoms with Gasteiger partial charge in [0.2, 0.25) is 5.95 Å². The van der Waals surface area contributed by atoms with Crippen LogP contribution in [0.25, 0.3) is 22.0 Å². The van der Waals surface area contributed by atoms with Gasteiger partial charge in [-0.05, 0) is 72.0 Å². The van der Waals surface area contributed by atoms with Crippen molar-refractivity contribution >= 4 is 28.2 Å². The molecule has 6 heteroatoms. The Morgan fingerprint density at radius 2 is 2.00 bits per heavy atom. The molecule has 6 nitrogen and oxygen atoms in total. The topological polar surface area (TPSA) is 85.1 Å². The third-order valence-corrected chi connectivity index (χ3v) is 5.92. The minimum absolute atomic E-state index is 0.538. The molecule has 0 fully saturated rings. The summed E-state index contributed by atoms with van der Waals surface area (Å²) in [6.07, 6.45) is 2.84. The first-order valence-electron chi connectivity index (χ1n) is 10.4. The summed E-state index contributed by atoms with van der Waals surface area (Å²) in [5.74, 6) is 1.34. The molecule has 156 valence electrons. The maximum atomic E-state index is 6.10. The summed E-state index contributed by atoms with van der Waals surface area (Å²) >= 11 is 0. The molecule has 0 saturated carbocycles. The van der Waals surface area contributed by atoms with Crippen LogP contribution >= 0.6 is 0 Å². The van der Waals surface area contributed by atoms with Crippen LogP contribution in [0.2, 0.25) is 0 Å². The average molecular weight is 412 g/mol. The van der Waals surface area contributed by atoms with Crippen molar-refractivity contribution in [1.82, 2.24) is 15.3 Å². The number of nitrogens with zero attached hydrogens (tertiary/aromatic N) is 2. The van der Waals surface area contributed by atoms with Crippen molar-refractivity contribution in [3.63, 3.8) is 0 Å². The Morgan fingerprint density at radius 1 is 1.10 bits per heavy atom. The Balaban J connectivity index is 1.52. The summed E-state index contributed by atoms with van der Waals surface area (Å²) in [4.78, 5) is 9.28. The van der Waals surface area contributed by atoms with Crippen LogP contribution in [-0.2, 0) is 13.0 Å². The molecule has 5 rings (SSSR count). The minimum Gasteiger partial charge on any atom is -0.495 e. The van der Waals surface area contributed by atoms with E-state index in [1.807, 2.05) is 31.3 Å². The second-order valence-electron chi connectivity index (χ2n) is 7.86. The van der Waals surface area contributed by atoms with Crippen molar-refractivity contribution in [2.24, 2.45) is 0 Å². The van der Waals surface area contributed by atoms with Crippen LogP contribution in [0.15, 0.2) is 54.7 Å². The number of nitrogen functional groups attached to an aromatic ring is 1. The SMILES string of the molecule is COc1cc2c(cc1Nc1ncc3ccc(-c4cccc(N)c4C)cc3n1)CNCC2. The van der Waals surface area contributed by atoms with Gasteiger partial charge >= 0.3 is 0 Å². The van der Waals surface area contributed by atoms with Gasteiger partial charge in [-0.1, -0.05) is 24.3 Å². The van der Waals surface area contributed by atoms with Gasteiger partial charge in [0.25, 0.3) is 0 Å². The Kier molecular flexibility index (Phi) is 4.92. The minimum atomic E-state index is 0.538. The van der Waals surface area contributed by atoms with E-state index in [2.05, 4.69) is 45.9 Å². The Bertz CT molecular complexity index is 1280. The molecule has 0 bridgehead atoms. The number of rotatable bonds is 4. The fourth-order valence-corrected chi connectivity index (χ4v) is 4.11. The van der Waals surface area contributed by atoms with E-state index >= 15 is 0 Å². The van der Waals surface area contributed by atoms with E-state index in [1.165, 1.54) is 11.1 Å². The zero-order valence-corrected chi connectivity index (χ0v) is 17.7. The highest BCUT2D eigenvalue weighted by Gasteiger charge is 2.15. The fraction of sp³-hybridized carbons (Fsp3) is 0.200. The van der Waals surface area contributed by atoms with E-state index < -0.39 is 0 Å². The summed E-state index contributed by atoms with van der Waals surface area (Å²) in [5.41, 5.74) is 14.5. The van der Waals surface area contributed by atoms with Gasteiger partial charge in [0.1, 0.15) is 5.75 Å². The van der Waals surface area contributed by atoms with Gasteiger partial charge in [-0.25, -0.2) is 9.97 Å². The van der Waals surface area contributed by atoms with Crippen LogP contribution in [-0.4, -0.2) is 23.6 Å². The highest BCUT2D eigenvalue weighted by molar-refractivity contribution is 5.86. The van der Waals surface area contributed by atoms with Crippen molar-refractivity contribution in [3.8, 4) is 16.9 Å². The van der Waals surface area contributed by atoms with E-state index in [9.17, 15) is 0 Å². The van der Waals surface area contributed by atoms with Crippen molar-refractivity contribution < 1.29 is 4.74 Å². The molecular weight excluding hydrogens is 386 g/mol. The quantitative estimate of drug-likeness (QED) is 0.426. The van der Waals surface area contributed by atoms with Crippen LogP contribution in [0.4, 0.5) is 17.3 Å². The lowest BCUT2D eigenvalue weighted by molar-refractivity contribution is 0.415. The van der Waals surface area contributed by atoms with Gasteiger partial charge in [0.15, 0.2) is 0 Å². The summed E-state index contributed by atoms with van der Waals surface area (Å²) in [6.45, 7) is 3.89. The molecule has 0 atom stereocenters. The first kappa shape index (κ1) is 19.3. The second kappa shape index (κ2) is 7.89. The first-order chi connectivity index (χ1) is 15.1. The van der Waals surface area contributed by atoms with Crippen LogP contribution < -0.4 is 21.1 Å². The molecule has 4 N–H and O–H groups in total. The van der Waals surface area contributed by atoms with Gasteiger partial charge in [-0.15, -0.1) is 0 Å². The molecular formula is C25H25N5O. The number of aromatic nitrogens is 2. The molecule has 0 unspecified atom stereocenters. The standard InChI is InChI=1S/C25H25N5O/c1-15-20(4-3-5-21(15)26)17-6-7-18-14-28-25(29-22(18)10-17)30-23-11-19-13-27-9-8-16(19)12-24(23)31-2/h3-7,10-12,14,27H,8-9,13,26H2,1-2H3,(H,28,29,30). The van der Waals surface area contributed by atoms with E-state index in [0.29, 0.717) is 5.95 Å². The summed E-state index contributed by atoms with van der Waals surface area (Å²) < 4.78 is 5.62. The third-order valence-electron chi connectivity index (χ3n) is 5.92. The lowest BCUT2D eigenvalue weighted by Crippen LogP contribution is -2.23. The predicted octanol–water partition coefficient (Wildman–Crippen LogP) is 4.59. The van der Waals surface area contributed by atoms with E-state index in [4.69, 9.17) is 15.5 Å². The van der Waals surface area contributed by atoms with Gasteiger partial charge in [0.05, 0.1) is 18.3 Å². The molecule has 1 aromatic heterocycles. The largest absolute Gasteiger partial charge is 0.495 e. The molecule has 0 amide bonds. The summed E-state index contributed by atoms with van der Waals surface area (Å²) in [6, 6.07) is 16.4. The van der Waals surface area contributed by atoms with Crippen molar-refractivity contribution in [2.75, 3.05) is 24.7 Å². The van der Waals surface area contributed by atoms with E-state index in [-0.39, 0.29) is 0 Å². The van der Waals surface area contributed by atoms with Crippen molar-refractivity contribution in [3.05, 3.63) is 71.4 Å². The smallest absolute Gasteiger partial charge is 0.227 e. The molecule has 1 aliphatic rings. The molecule has 0 saturated heterocycles. The van der Waals surface area contributed by atoms with Crippen LogP contribution in [0.1, 0.15) is 16.7 Å². The maximum Gasteiger partial charge on any atom is 0.227 e. The number of methoxy groups -OCH3 is 1. The molecule has 0 radical (unpaired) electrons. The lowest BCUT2D eigenvalue weighted by Gasteiger charge is -2.20. The molecule has 0 spiro atoms. The zero-order chi connectivity index (χ0) is 21.4. The molecule has 2 heterocycles. The number of nitrogens with two attached hydrogens (primary N) is 1. The normalized spacial score (nSPS) is 13.1. The van der Waals surface area contributed by atoms with Crippen LogP contribution in [0.3, 0.4) is 0 Å².